The van der Waals surface area contributed by atoms with Gasteiger partial charge in [0.15, 0.2) is 11.6 Å². The maximum atomic E-state index is 5.54. The average Bonchev–Trinajstić information content (AvgIpc) is 3.52. The quantitative estimate of drug-likeness (QED) is 0.314. The standard InChI is InChI=1S/C28H38N6O2/c1-16(2)24-26(19-12-23(35-4)28(30-13-19)31-15-29)33-22-11-17(3)25(34-27(22)24)18-5-7-20(8-6-18)32-21-9-10-36-14-21/h11-13,15-16,18,20-21,32-33H,5-10,14H2,1-4H3,(H2,29,30,31). The lowest BCUT2D eigenvalue weighted by atomic mass is 9.82. The third-order valence-electron chi connectivity index (χ3n) is 7.67. The van der Waals surface area contributed by atoms with Gasteiger partial charge in [0.2, 0.25) is 0 Å². The Hall–Kier alpha value is -2.97. The number of rotatable bonds is 7. The highest BCUT2D eigenvalue weighted by Crippen LogP contribution is 2.40. The number of aryl methyl sites for hydroxylation is 1. The Labute approximate surface area is 213 Å². The minimum atomic E-state index is 0.290. The van der Waals surface area contributed by atoms with E-state index in [0.717, 1.165) is 41.9 Å². The molecule has 0 spiro atoms. The first-order valence-electron chi connectivity index (χ1n) is 13.1. The number of nitrogens with two attached hydrogens (primary N) is 1. The first kappa shape index (κ1) is 24.7. The number of nitrogens with zero attached hydrogens (tertiary/aromatic N) is 3. The highest BCUT2D eigenvalue weighted by molar-refractivity contribution is 5.89. The second-order valence-corrected chi connectivity index (χ2v) is 10.5. The molecule has 0 radical (unpaired) electrons. The van der Waals surface area contributed by atoms with Gasteiger partial charge in [0, 0.05) is 47.6 Å². The summed E-state index contributed by atoms with van der Waals surface area (Å²) < 4.78 is 11.1. The number of hydrogen-bond donors (Lipinski definition) is 3. The molecule has 8 nitrogen and oxygen atoms in total. The molecule has 8 heteroatoms. The van der Waals surface area contributed by atoms with Gasteiger partial charge < -0.3 is 25.5 Å². The van der Waals surface area contributed by atoms with Crippen molar-refractivity contribution in [3.8, 4) is 17.0 Å². The van der Waals surface area contributed by atoms with Crippen LogP contribution >= 0.6 is 0 Å². The molecule has 4 N–H and O–H groups in total. The van der Waals surface area contributed by atoms with Crippen LogP contribution in [0.5, 0.6) is 5.75 Å². The Morgan fingerprint density at radius 2 is 2.00 bits per heavy atom. The summed E-state index contributed by atoms with van der Waals surface area (Å²) in [5, 5.41) is 3.82. The molecule has 36 heavy (non-hydrogen) atoms. The van der Waals surface area contributed by atoms with E-state index in [9.17, 15) is 0 Å². The van der Waals surface area contributed by atoms with Gasteiger partial charge in [-0.3, -0.25) is 4.98 Å². The van der Waals surface area contributed by atoms with Crippen molar-refractivity contribution in [3.05, 3.63) is 35.2 Å². The molecule has 2 fully saturated rings. The number of fused-ring (bicyclic) bond motifs is 1. The summed E-state index contributed by atoms with van der Waals surface area (Å²) in [6.45, 7) is 8.38. The molecule has 0 bridgehead atoms. The van der Waals surface area contributed by atoms with E-state index in [-0.39, 0.29) is 5.92 Å². The zero-order valence-corrected chi connectivity index (χ0v) is 21.8. The number of pyridine rings is 2. The first-order valence-corrected chi connectivity index (χ1v) is 13.1. The number of aliphatic imine (C=N–C) groups is 1. The van der Waals surface area contributed by atoms with Crippen LogP contribution in [0.25, 0.3) is 22.3 Å². The number of nitrogens with one attached hydrogen (secondary N) is 2. The normalized spacial score (nSPS) is 22.8. The average molecular weight is 491 g/mol. The van der Waals surface area contributed by atoms with Gasteiger partial charge in [-0.1, -0.05) is 13.8 Å². The number of hydrogen-bond acceptors (Lipinski definition) is 6. The summed E-state index contributed by atoms with van der Waals surface area (Å²) >= 11 is 0. The number of ether oxygens (including phenoxy) is 2. The van der Waals surface area contributed by atoms with Crippen molar-refractivity contribution < 1.29 is 9.47 Å². The van der Waals surface area contributed by atoms with Crippen molar-refractivity contribution in [1.29, 1.82) is 0 Å². The van der Waals surface area contributed by atoms with Gasteiger partial charge in [-0.2, -0.15) is 0 Å². The van der Waals surface area contributed by atoms with Crippen LogP contribution in [0.15, 0.2) is 23.3 Å². The molecule has 1 unspecified atom stereocenters. The van der Waals surface area contributed by atoms with E-state index >= 15 is 0 Å². The minimum absolute atomic E-state index is 0.290. The molecule has 4 heterocycles. The van der Waals surface area contributed by atoms with Crippen LogP contribution in [0.4, 0.5) is 5.82 Å². The third kappa shape index (κ3) is 4.84. The molecule has 1 atom stereocenters. The van der Waals surface area contributed by atoms with Crippen molar-refractivity contribution in [3.63, 3.8) is 0 Å². The minimum Gasteiger partial charge on any atom is -0.493 e. The molecule has 1 saturated heterocycles. The highest BCUT2D eigenvalue weighted by atomic mass is 16.5. The fraction of sp³-hybridized carbons (Fsp3) is 0.536. The van der Waals surface area contributed by atoms with E-state index in [1.807, 2.05) is 12.3 Å². The fourth-order valence-electron chi connectivity index (χ4n) is 5.88. The first-order chi connectivity index (χ1) is 17.5. The maximum Gasteiger partial charge on any atom is 0.196 e. The summed E-state index contributed by atoms with van der Waals surface area (Å²) in [5.74, 6) is 1.84. The number of H-pyrrole nitrogens is 1. The second-order valence-electron chi connectivity index (χ2n) is 10.5. The lowest BCUT2D eigenvalue weighted by molar-refractivity contribution is 0.185. The van der Waals surface area contributed by atoms with E-state index in [4.69, 9.17) is 20.2 Å². The highest BCUT2D eigenvalue weighted by Gasteiger charge is 2.28. The van der Waals surface area contributed by atoms with Gasteiger partial charge in [-0.15, -0.1) is 0 Å². The monoisotopic (exact) mass is 490 g/mol. The lowest BCUT2D eigenvalue weighted by Crippen LogP contribution is -2.40. The van der Waals surface area contributed by atoms with Gasteiger partial charge in [0.25, 0.3) is 0 Å². The van der Waals surface area contributed by atoms with Crippen molar-refractivity contribution in [2.24, 2.45) is 10.7 Å². The molecule has 1 saturated carbocycles. The second kappa shape index (κ2) is 10.6. The van der Waals surface area contributed by atoms with E-state index in [1.165, 1.54) is 48.8 Å². The molecule has 1 aliphatic carbocycles. The van der Waals surface area contributed by atoms with Crippen LogP contribution in [0, 0.1) is 6.92 Å². The molecule has 3 aromatic rings. The van der Waals surface area contributed by atoms with Crippen LogP contribution in [-0.2, 0) is 4.74 Å². The van der Waals surface area contributed by atoms with Crippen molar-refractivity contribution in [2.75, 3.05) is 20.3 Å². The summed E-state index contributed by atoms with van der Waals surface area (Å²) in [7, 11) is 1.62. The van der Waals surface area contributed by atoms with E-state index in [2.05, 4.69) is 47.1 Å². The predicted octanol–water partition coefficient (Wildman–Crippen LogP) is 5.09. The smallest absolute Gasteiger partial charge is 0.196 e. The molecule has 1 aliphatic heterocycles. The van der Waals surface area contributed by atoms with Gasteiger partial charge in [0.1, 0.15) is 0 Å². The number of aromatic amines is 1. The maximum absolute atomic E-state index is 5.54. The van der Waals surface area contributed by atoms with Gasteiger partial charge in [-0.05, 0) is 62.6 Å². The molecule has 5 rings (SSSR count). The molecule has 2 aliphatic rings. The molecule has 0 aromatic carbocycles. The Balaban J connectivity index is 1.45. The number of methoxy groups -OCH3 is 1. The van der Waals surface area contributed by atoms with Crippen molar-refractivity contribution in [2.45, 2.75) is 76.8 Å². The Morgan fingerprint density at radius 3 is 2.67 bits per heavy atom. The lowest BCUT2D eigenvalue weighted by Gasteiger charge is -2.31. The van der Waals surface area contributed by atoms with Crippen molar-refractivity contribution >= 4 is 23.2 Å². The molecule has 3 aromatic heterocycles. The van der Waals surface area contributed by atoms with Gasteiger partial charge in [-0.25, -0.2) is 9.98 Å². The molecular weight excluding hydrogens is 452 g/mol. The SMILES string of the molecule is COc1cc(-c2[nH]c3cc(C)c(C4CCC(NC5CCOC5)CC4)nc3c2C(C)C)cnc1/N=C/N. The van der Waals surface area contributed by atoms with Crippen LogP contribution in [0.3, 0.4) is 0 Å². The third-order valence-corrected chi connectivity index (χ3v) is 7.67. The van der Waals surface area contributed by atoms with Gasteiger partial charge in [0.05, 0.1) is 36.8 Å². The summed E-state index contributed by atoms with van der Waals surface area (Å²) in [6.07, 6.45) is 8.91. The summed E-state index contributed by atoms with van der Waals surface area (Å²) in [5.41, 5.74) is 13.3. The van der Waals surface area contributed by atoms with Crippen LogP contribution < -0.4 is 15.8 Å². The number of aromatic nitrogens is 3. The Kier molecular flexibility index (Phi) is 7.25. The van der Waals surface area contributed by atoms with E-state index in [0.29, 0.717) is 29.6 Å². The van der Waals surface area contributed by atoms with Crippen molar-refractivity contribution in [1.82, 2.24) is 20.3 Å². The van der Waals surface area contributed by atoms with E-state index in [1.54, 1.807) is 7.11 Å². The summed E-state index contributed by atoms with van der Waals surface area (Å²) in [6, 6.07) is 5.35. The fourth-order valence-corrected chi connectivity index (χ4v) is 5.88. The molecule has 0 amide bonds. The van der Waals surface area contributed by atoms with Gasteiger partial charge >= 0.3 is 0 Å². The van der Waals surface area contributed by atoms with Crippen LogP contribution in [-0.4, -0.2) is 53.7 Å². The zero-order chi connectivity index (χ0) is 25.2. The predicted molar refractivity (Wildman–Crippen MR) is 144 cm³/mol. The molecular formula is C28H38N6O2. The summed E-state index contributed by atoms with van der Waals surface area (Å²) in [4.78, 5) is 17.5. The van der Waals surface area contributed by atoms with Crippen LogP contribution in [0.1, 0.15) is 74.6 Å². The van der Waals surface area contributed by atoms with Crippen LogP contribution in [0.2, 0.25) is 0 Å². The molecule has 192 valence electrons. The zero-order valence-electron chi connectivity index (χ0n) is 21.8. The Bertz CT molecular complexity index is 1240. The largest absolute Gasteiger partial charge is 0.493 e. The Morgan fingerprint density at radius 1 is 1.19 bits per heavy atom. The topological polar surface area (TPSA) is 110 Å². The van der Waals surface area contributed by atoms with E-state index < -0.39 is 0 Å².